The molecule has 0 radical (unpaired) electrons. The minimum atomic E-state index is -0.0399. The van der Waals surface area contributed by atoms with Crippen molar-refractivity contribution in [1.29, 1.82) is 0 Å². The van der Waals surface area contributed by atoms with E-state index in [2.05, 4.69) is 40.5 Å². The first-order valence-corrected chi connectivity index (χ1v) is 8.68. The number of piperidine rings is 1. The molecule has 1 aliphatic heterocycles. The number of nitrogens with one attached hydrogen (secondary N) is 1. The van der Waals surface area contributed by atoms with Gasteiger partial charge in [0.2, 0.25) is 17.7 Å². The van der Waals surface area contributed by atoms with E-state index in [0.717, 1.165) is 31.7 Å². The lowest BCUT2D eigenvalue weighted by atomic mass is 9.96. The molecule has 1 amide bonds. The maximum Gasteiger partial charge on any atom is 0.235 e. The summed E-state index contributed by atoms with van der Waals surface area (Å²) in [5.74, 6) is 2.35. The van der Waals surface area contributed by atoms with Gasteiger partial charge in [-0.3, -0.25) is 4.79 Å². The number of nitrogens with zero attached hydrogens (tertiary/aromatic N) is 8. The Balaban J connectivity index is 1.32. The Morgan fingerprint density at radius 2 is 2.04 bits per heavy atom. The second-order valence-electron chi connectivity index (χ2n) is 6.27. The number of amides is 1. The van der Waals surface area contributed by atoms with E-state index in [1.165, 1.54) is 12.7 Å². The molecule has 0 aliphatic carbocycles. The molecule has 1 fully saturated rings. The van der Waals surface area contributed by atoms with Gasteiger partial charge in [0.15, 0.2) is 5.82 Å². The van der Waals surface area contributed by atoms with Crippen LogP contribution in [0.1, 0.15) is 24.6 Å². The van der Waals surface area contributed by atoms with Gasteiger partial charge < -0.3 is 14.6 Å². The highest BCUT2D eigenvalue weighted by atomic mass is 16.4. The van der Waals surface area contributed by atoms with Crippen LogP contribution in [0.15, 0.2) is 29.5 Å². The summed E-state index contributed by atoms with van der Waals surface area (Å²) in [7, 11) is 0. The third-order valence-electron chi connectivity index (χ3n) is 4.46. The molecule has 0 saturated carbocycles. The van der Waals surface area contributed by atoms with Crippen molar-refractivity contribution in [2.45, 2.75) is 26.3 Å². The Morgan fingerprint density at radius 3 is 2.74 bits per heavy atom. The van der Waals surface area contributed by atoms with Crippen LogP contribution in [0.2, 0.25) is 0 Å². The minimum absolute atomic E-state index is 0.0106. The van der Waals surface area contributed by atoms with Crippen LogP contribution in [0, 0.1) is 12.8 Å². The van der Waals surface area contributed by atoms with Crippen LogP contribution >= 0.6 is 0 Å². The van der Waals surface area contributed by atoms with Gasteiger partial charge in [0.1, 0.15) is 24.8 Å². The molecule has 0 bridgehead atoms. The topological polar surface area (TPSA) is 128 Å². The summed E-state index contributed by atoms with van der Waals surface area (Å²) < 4.78 is 6.85. The van der Waals surface area contributed by atoms with Crippen molar-refractivity contribution in [3.8, 4) is 5.82 Å². The number of anilines is 1. The number of hydrogen-bond acceptors (Lipinski definition) is 9. The van der Waals surface area contributed by atoms with Gasteiger partial charge in [0.05, 0.1) is 6.54 Å². The highest BCUT2D eigenvalue weighted by Crippen LogP contribution is 2.22. The van der Waals surface area contributed by atoms with E-state index in [4.69, 9.17) is 4.42 Å². The predicted octanol–water partition coefficient (Wildman–Crippen LogP) is 0.282. The lowest BCUT2D eigenvalue weighted by molar-refractivity contribution is -0.125. The van der Waals surface area contributed by atoms with Gasteiger partial charge in [0.25, 0.3) is 0 Å². The smallest absolute Gasteiger partial charge is 0.235 e. The molecule has 4 rings (SSSR count). The number of aryl methyl sites for hydroxylation is 1. The predicted molar refractivity (Wildman–Crippen MR) is 92.8 cm³/mol. The van der Waals surface area contributed by atoms with E-state index < -0.39 is 0 Å². The zero-order chi connectivity index (χ0) is 18.6. The summed E-state index contributed by atoms with van der Waals surface area (Å²) in [6, 6.07) is 1.87. The van der Waals surface area contributed by atoms with Gasteiger partial charge in [0, 0.05) is 32.0 Å². The number of carbonyl (C=O) groups excluding carboxylic acids is 1. The van der Waals surface area contributed by atoms with Crippen LogP contribution in [0.4, 0.5) is 5.82 Å². The first-order valence-electron chi connectivity index (χ1n) is 8.68. The number of rotatable bonds is 5. The summed E-state index contributed by atoms with van der Waals surface area (Å²) >= 11 is 0. The normalized spacial score (nSPS) is 15.1. The molecule has 1 N–H and O–H groups in total. The maximum absolute atomic E-state index is 12.4. The molecule has 4 heterocycles. The van der Waals surface area contributed by atoms with E-state index in [-0.39, 0.29) is 18.4 Å². The summed E-state index contributed by atoms with van der Waals surface area (Å²) in [5.41, 5.74) is 0. The van der Waals surface area contributed by atoms with E-state index in [1.807, 2.05) is 6.07 Å². The molecule has 140 valence electrons. The average molecular weight is 369 g/mol. The van der Waals surface area contributed by atoms with Crippen molar-refractivity contribution in [2.75, 3.05) is 18.0 Å². The standard InChI is InChI=1S/C16H19N9O2/c1-11-22-23-15(27-11)7-18-16(26)12-2-4-24(5-3-12)13-6-14(20-9-19-13)25-10-17-8-21-25/h6,8-10,12H,2-5,7H2,1H3,(H,18,26). The highest BCUT2D eigenvalue weighted by Gasteiger charge is 2.26. The van der Waals surface area contributed by atoms with Crippen molar-refractivity contribution >= 4 is 11.7 Å². The summed E-state index contributed by atoms with van der Waals surface area (Å²) in [6.07, 6.45) is 6.06. The fourth-order valence-corrected chi connectivity index (χ4v) is 3.05. The van der Waals surface area contributed by atoms with E-state index in [1.54, 1.807) is 17.9 Å². The van der Waals surface area contributed by atoms with Crippen molar-refractivity contribution in [1.82, 2.24) is 40.2 Å². The summed E-state index contributed by atoms with van der Waals surface area (Å²) in [5, 5.41) is 14.6. The fourth-order valence-electron chi connectivity index (χ4n) is 3.05. The molecular weight excluding hydrogens is 350 g/mol. The monoisotopic (exact) mass is 369 g/mol. The quantitative estimate of drug-likeness (QED) is 0.674. The zero-order valence-electron chi connectivity index (χ0n) is 14.8. The Bertz CT molecular complexity index is 900. The molecule has 3 aromatic rings. The molecule has 0 aromatic carbocycles. The van der Waals surface area contributed by atoms with Gasteiger partial charge in [-0.1, -0.05) is 0 Å². The second kappa shape index (κ2) is 7.48. The van der Waals surface area contributed by atoms with Gasteiger partial charge in [-0.2, -0.15) is 5.10 Å². The number of carbonyl (C=O) groups is 1. The van der Waals surface area contributed by atoms with Crippen molar-refractivity contribution in [3.05, 3.63) is 36.8 Å². The van der Waals surface area contributed by atoms with Gasteiger partial charge in [-0.15, -0.1) is 10.2 Å². The third kappa shape index (κ3) is 3.91. The maximum atomic E-state index is 12.4. The largest absolute Gasteiger partial charge is 0.424 e. The van der Waals surface area contributed by atoms with Crippen LogP contribution in [0.5, 0.6) is 0 Å². The lowest BCUT2D eigenvalue weighted by Crippen LogP contribution is -2.40. The second-order valence-corrected chi connectivity index (χ2v) is 6.27. The Hall–Kier alpha value is -3.37. The molecule has 11 nitrogen and oxygen atoms in total. The van der Waals surface area contributed by atoms with E-state index in [0.29, 0.717) is 17.6 Å². The Morgan fingerprint density at radius 1 is 1.22 bits per heavy atom. The van der Waals surface area contributed by atoms with E-state index in [9.17, 15) is 4.79 Å². The third-order valence-corrected chi connectivity index (χ3v) is 4.46. The first-order chi connectivity index (χ1) is 13.2. The SMILES string of the molecule is Cc1nnc(CNC(=O)C2CCN(c3cc(-n4cncn4)ncn3)CC2)o1. The summed E-state index contributed by atoms with van der Waals surface area (Å²) in [4.78, 5) is 27.0. The van der Waals surface area contributed by atoms with E-state index >= 15 is 0 Å². The molecule has 27 heavy (non-hydrogen) atoms. The van der Waals surface area contributed by atoms with Crippen LogP contribution < -0.4 is 10.2 Å². The van der Waals surface area contributed by atoms with Gasteiger partial charge in [-0.05, 0) is 12.8 Å². The van der Waals surface area contributed by atoms with Gasteiger partial charge >= 0.3 is 0 Å². The summed E-state index contributed by atoms with van der Waals surface area (Å²) in [6.45, 7) is 3.46. The Kier molecular flexibility index (Phi) is 4.73. The Labute approximate surface area is 154 Å². The molecule has 11 heteroatoms. The average Bonchev–Trinajstić information content (AvgIpc) is 3.38. The molecular formula is C16H19N9O2. The van der Waals surface area contributed by atoms with Crippen LogP contribution in [-0.2, 0) is 11.3 Å². The van der Waals surface area contributed by atoms with Crippen molar-refractivity contribution in [3.63, 3.8) is 0 Å². The zero-order valence-corrected chi connectivity index (χ0v) is 14.8. The molecule has 1 saturated heterocycles. The van der Waals surface area contributed by atoms with Crippen LogP contribution in [0.25, 0.3) is 5.82 Å². The molecule has 0 atom stereocenters. The number of hydrogen-bond donors (Lipinski definition) is 1. The van der Waals surface area contributed by atoms with Crippen LogP contribution in [-0.4, -0.2) is 53.9 Å². The number of aromatic nitrogens is 7. The van der Waals surface area contributed by atoms with Crippen molar-refractivity contribution < 1.29 is 9.21 Å². The fraction of sp³-hybridized carbons (Fsp3) is 0.438. The van der Waals surface area contributed by atoms with Crippen LogP contribution in [0.3, 0.4) is 0 Å². The molecule has 1 aliphatic rings. The lowest BCUT2D eigenvalue weighted by Gasteiger charge is -2.32. The molecule has 0 spiro atoms. The molecule has 3 aromatic heterocycles. The highest BCUT2D eigenvalue weighted by molar-refractivity contribution is 5.78. The first kappa shape index (κ1) is 17.1. The minimum Gasteiger partial charge on any atom is -0.424 e. The van der Waals surface area contributed by atoms with Gasteiger partial charge in [-0.25, -0.2) is 19.6 Å². The van der Waals surface area contributed by atoms with Crippen molar-refractivity contribution in [2.24, 2.45) is 5.92 Å². The molecule has 0 unspecified atom stereocenters.